The molecule has 2 amide bonds. The van der Waals surface area contributed by atoms with Crippen LogP contribution in [0.4, 0.5) is 9.59 Å². The van der Waals surface area contributed by atoms with Gasteiger partial charge < -0.3 is 29.0 Å². The van der Waals surface area contributed by atoms with E-state index < -0.39 is 30.2 Å². The molecule has 0 bridgehead atoms. The number of morpholine rings is 1. The lowest BCUT2D eigenvalue weighted by Gasteiger charge is -2.34. The van der Waals surface area contributed by atoms with Crippen molar-refractivity contribution in [1.82, 2.24) is 10.2 Å². The van der Waals surface area contributed by atoms with E-state index in [2.05, 4.69) is 24.0 Å². The van der Waals surface area contributed by atoms with Crippen molar-refractivity contribution < 1.29 is 38.1 Å². The van der Waals surface area contributed by atoms with Crippen LogP contribution in [0.25, 0.3) is 11.1 Å². The maximum Gasteiger partial charge on any atom is 0.410 e. The summed E-state index contributed by atoms with van der Waals surface area (Å²) in [5.41, 5.74) is 4.40. The summed E-state index contributed by atoms with van der Waals surface area (Å²) in [5.74, 6) is -0.792. The molecule has 4 rings (SSSR count). The number of nitrogens with zero attached hydrogens (tertiary/aromatic N) is 1. The number of rotatable bonds is 10. The van der Waals surface area contributed by atoms with Crippen LogP contribution in [0.2, 0.25) is 0 Å². The minimum atomic E-state index is -1.10. The number of carbonyl (C=O) groups is 3. The first-order valence-electron chi connectivity index (χ1n) is 12.4. The number of hydrogen-bond donors (Lipinski definition) is 1. The van der Waals surface area contributed by atoms with Crippen molar-refractivity contribution in [1.29, 1.82) is 0 Å². The van der Waals surface area contributed by atoms with Crippen LogP contribution in [0.15, 0.2) is 61.2 Å². The van der Waals surface area contributed by atoms with E-state index in [1.165, 1.54) is 18.1 Å². The molecule has 1 fully saturated rings. The first-order chi connectivity index (χ1) is 18.5. The first-order valence-corrected chi connectivity index (χ1v) is 12.4. The SMILES string of the molecule is C=CCOC(=O)N1CCOCC1COCC(NC(=O)OCC1c2ccccc2-c2ccccc21)C(=O)OC. The van der Waals surface area contributed by atoms with Crippen molar-refractivity contribution in [3.05, 3.63) is 72.3 Å². The van der Waals surface area contributed by atoms with Gasteiger partial charge in [0.25, 0.3) is 0 Å². The van der Waals surface area contributed by atoms with Gasteiger partial charge in [0.2, 0.25) is 0 Å². The summed E-state index contributed by atoms with van der Waals surface area (Å²) < 4.78 is 26.6. The molecule has 0 radical (unpaired) electrons. The number of carbonyl (C=O) groups excluding carboxylic acids is 3. The normalized spacial score (nSPS) is 17.1. The highest BCUT2D eigenvalue weighted by atomic mass is 16.6. The molecule has 2 aromatic rings. The molecule has 0 spiro atoms. The largest absolute Gasteiger partial charge is 0.467 e. The van der Waals surface area contributed by atoms with Crippen molar-refractivity contribution in [2.45, 2.75) is 18.0 Å². The van der Waals surface area contributed by atoms with Gasteiger partial charge >= 0.3 is 18.2 Å². The number of hydrogen-bond acceptors (Lipinski definition) is 8. The molecular weight excluding hydrogens is 492 g/mol. The second-order valence-corrected chi connectivity index (χ2v) is 8.87. The van der Waals surface area contributed by atoms with Crippen LogP contribution in [-0.4, -0.2) is 88.4 Å². The zero-order valence-electron chi connectivity index (χ0n) is 21.3. The van der Waals surface area contributed by atoms with Gasteiger partial charge in [-0.05, 0) is 22.3 Å². The topological polar surface area (TPSA) is 113 Å². The Kier molecular flexibility index (Phi) is 9.34. The summed E-state index contributed by atoms with van der Waals surface area (Å²) in [6, 6.07) is 14.5. The van der Waals surface area contributed by atoms with Crippen LogP contribution in [0.3, 0.4) is 0 Å². The van der Waals surface area contributed by atoms with E-state index in [4.69, 9.17) is 23.7 Å². The third kappa shape index (κ3) is 6.32. The van der Waals surface area contributed by atoms with E-state index in [1.807, 2.05) is 36.4 Å². The highest BCUT2D eigenvalue weighted by Crippen LogP contribution is 2.44. The van der Waals surface area contributed by atoms with E-state index in [-0.39, 0.29) is 39.0 Å². The van der Waals surface area contributed by atoms with Crippen LogP contribution in [0, 0.1) is 0 Å². The number of fused-ring (bicyclic) bond motifs is 3. The standard InChI is InChI=1S/C28H32N2O8/c1-3-13-37-28(33)30-12-14-35-15-19(30)16-36-18-25(26(31)34-2)29-27(32)38-17-24-22-10-6-4-8-20(22)21-9-5-7-11-23(21)24/h3-11,19,24-25H,1,12-18H2,2H3,(H,29,32). The molecule has 10 heteroatoms. The lowest BCUT2D eigenvalue weighted by molar-refractivity contribution is -0.145. The molecule has 2 aliphatic rings. The maximum absolute atomic E-state index is 12.7. The molecule has 2 unspecified atom stereocenters. The minimum absolute atomic E-state index is 0.0725. The van der Waals surface area contributed by atoms with Gasteiger partial charge in [-0.1, -0.05) is 61.2 Å². The lowest BCUT2D eigenvalue weighted by Crippen LogP contribution is -2.52. The maximum atomic E-state index is 12.7. The van der Waals surface area contributed by atoms with Gasteiger partial charge in [-0.3, -0.25) is 4.90 Å². The second-order valence-electron chi connectivity index (χ2n) is 8.87. The summed E-state index contributed by atoms with van der Waals surface area (Å²) >= 11 is 0. The minimum Gasteiger partial charge on any atom is -0.467 e. The van der Waals surface area contributed by atoms with Crippen molar-refractivity contribution in [3.63, 3.8) is 0 Å². The van der Waals surface area contributed by atoms with E-state index >= 15 is 0 Å². The third-order valence-corrected chi connectivity index (χ3v) is 6.50. The fraction of sp³-hybridized carbons (Fsp3) is 0.393. The van der Waals surface area contributed by atoms with Crippen molar-refractivity contribution in [2.75, 3.05) is 53.3 Å². The summed E-state index contributed by atoms with van der Waals surface area (Å²) in [4.78, 5) is 38.8. The van der Waals surface area contributed by atoms with Crippen molar-refractivity contribution in [3.8, 4) is 11.1 Å². The lowest BCUT2D eigenvalue weighted by atomic mass is 9.98. The van der Waals surface area contributed by atoms with E-state index in [9.17, 15) is 14.4 Å². The summed E-state index contributed by atoms with van der Waals surface area (Å²) in [6.07, 6.45) is 0.226. The molecule has 202 valence electrons. The Morgan fingerprint density at radius 2 is 1.76 bits per heavy atom. The van der Waals surface area contributed by atoms with Crippen LogP contribution >= 0.6 is 0 Å². The molecule has 38 heavy (non-hydrogen) atoms. The van der Waals surface area contributed by atoms with E-state index in [0.29, 0.717) is 13.2 Å². The number of nitrogens with one attached hydrogen (secondary N) is 1. The molecule has 1 heterocycles. The smallest absolute Gasteiger partial charge is 0.410 e. The van der Waals surface area contributed by atoms with Gasteiger partial charge in [-0.25, -0.2) is 14.4 Å². The summed E-state index contributed by atoms with van der Waals surface area (Å²) in [5, 5.41) is 2.53. The van der Waals surface area contributed by atoms with E-state index in [1.54, 1.807) is 0 Å². The average Bonchev–Trinajstić information content (AvgIpc) is 3.27. The first kappa shape index (κ1) is 27.2. The van der Waals surface area contributed by atoms with Crippen LogP contribution < -0.4 is 5.32 Å². The fourth-order valence-electron chi connectivity index (χ4n) is 4.66. The van der Waals surface area contributed by atoms with Crippen LogP contribution in [-0.2, 0) is 28.5 Å². The molecule has 1 aliphatic carbocycles. The number of amides is 2. The zero-order chi connectivity index (χ0) is 26.9. The number of alkyl carbamates (subject to hydrolysis) is 1. The predicted octanol–water partition coefficient (Wildman–Crippen LogP) is 3.11. The van der Waals surface area contributed by atoms with Crippen molar-refractivity contribution >= 4 is 18.2 Å². The van der Waals surface area contributed by atoms with Gasteiger partial charge in [0.15, 0.2) is 6.04 Å². The quantitative estimate of drug-likeness (QED) is 0.287. The Labute approximate surface area is 221 Å². The Morgan fingerprint density at radius 1 is 1.08 bits per heavy atom. The van der Waals surface area contributed by atoms with Gasteiger partial charge in [0.1, 0.15) is 13.2 Å². The highest BCUT2D eigenvalue weighted by Gasteiger charge is 2.31. The molecule has 1 N–H and O–H groups in total. The molecule has 2 aromatic carbocycles. The average molecular weight is 525 g/mol. The molecule has 0 aromatic heterocycles. The zero-order valence-corrected chi connectivity index (χ0v) is 21.3. The second kappa shape index (κ2) is 13.1. The number of methoxy groups -OCH3 is 1. The third-order valence-electron chi connectivity index (χ3n) is 6.50. The molecule has 0 saturated carbocycles. The molecule has 1 saturated heterocycles. The Balaban J connectivity index is 1.31. The van der Waals surface area contributed by atoms with Gasteiger partial charge in [0.05, 0.1) is 39.6 Å². The predicted molar refractivity (Wildman–Crippen MR) is 138 cm³/mol. The molecular formula is C28H32N2O8. The van der Waals surface area contributed by atoms with E-state index in [0.717, 1.165) is 22.3 Å². The van der Waals surface area contributed by atoms with Gasteiger partial charge in [-0.15, -0.1) is 0 Å². The number of benzene rings is 2. The summed E-state index contributed by atoms with van der Waals surface area (Å²) in [7, 11) is 1.22. The Bertz CT molecular complexity index is 1110. The fourth-order valence-corrected chi connectivity index (χ4v) is 4.66. The van der Waals surface area contributed by atoms with Crippen LogP contribution in [0.1, 0.15) is 17.0 Å². The molecule has 10 nitrogen and oxygen atoms in total. The van der Waals surface area contributed by atoms with Gasteiger partial charge in [0, 0.05) is 12.5 Å². The number of ether oxygens (including phenoxy) is 5. The summed E-state index contributed by atoms with van der Waals surface area (Å²) in [6.45, 7) is 4.62. The Hall–Kier alpha value is -3.89. The van der Waals surface area contributed by atoms with Gasteiger partial charge in [-0.2, -0.15) is 0 Å². The monoisotopic (exact) mass is 524 g/mol. The molecule has 1 aliphatic heterocycles. The number of esters is 1. The van der Waals surface area contributed by atoms with Crippen LogP contribution in [0.5, 0.6) is 0 Å². The molecule has 2 atom stereocenters. The Morgan fingerprint density at radius 3 is 2.42 bits per heavy atom. The van der Waals surface area contributed by atoms with Crippen molar-refractivity contribution in [2.24, 2.45) is 0 Å². The highest BCUT2D eigenvalue weighted by molar-refractivity contribution is 5.82.